The summed E-state index contributed by atoms with van der Waals surface area (Å²) in [5, 5.41) is 9.65. The van der Waals surface area contributed by atoms with Crippen LogP contribution in [0.15, 0.2) is 65.4 Å². The van der Waals surface area contributed by atoms with Gasteiger partial charge in [0.2, 0.25) is 5.91 Å². The highest BCUT2D eigenvalue weighted by Crippen LogP contribution is 2.31. The van der Waals surface area contributed by atoms with Crippen molar-refractivity contribution in [1.82, 2.24) is 10.3 Å². The van der Waals surface area contributed by atoms with Gasteiger partial charge in [-0.2, -0.15) is 11.3 Å². The fourth-order valence-electron chi connectivity index (χ4n) is 2.61. The highest BCUT2D eigenvalue weighted by atomic mass is 32.1. The highest BCUT2D eigenvalue weighted by molar-refractivity contribution is 7.22. The molecule has 8 heteroatoms. The molecule has 4 aromatic rings. The average Bonchev–Trinajstić information content (AvgIpc) is 3.38. The Balaban J connectivity index is 1.33. The molecule has 0 saturated carbocycles. The zero-order chi connectivity index (χ0) is 20.1. The van der Waals surface area contributed by atoms with E-state index in [0.717, 1.165) is 16.0 Å². The molecule has 0 spiro atoms. The number of ether oxygens (including phenoxy) is 1. The number of anilines is 1. The quantitative estimate of drug-likeness (QED) is 0.443. The van der Waals surface area contributed by atoms with Crippen LogP contribution in [0.25, 0.3) is 10.2 Å². The number of aromatic nitrogens is 1. The maximum Gasteiger partial charge on any atom is 0.252 e. The van der Waals surface area contributed by atoms with Gasteiger partial charge in [-0.25, -0.2) is 4.98 Å². The predicted molar refractivity (Wildman–Crippen MR) is 116 cm³/mol. The smallest absolute Gasteiger partial charge is 0.252 e. The topological polar surface area (TPSA) is 80.3 Å². The van der Waals surface area contributed by atoms with Gasteiger partial charge in [0, 0.05) is 30.0 Å². The predicted octanol–water partition coefficient (Wildman–Crippen LogP) is 4.91. The van der Waals surface area contributed by atoms with Gasteiger partial charge in [0.15, 0.2) is 5.13 Å². The molecule has 2 N–H and O–H groups in total. The largest absolute Gasteiger partial charge is 0.457 e. The lowest BCUT2D eigenvalue weighted by molar-refractivity contribution is -0.116. The van der Waals surface area contributed by atoms with E-state index in [-0.39, 0.29) is 24.8 Å². The van der Waals surface area contributed by atoms with Crippen LogP contribution >= 0.6 is 22.7 Å². The van der Waals surface area contributed by atoms with Gasteiger partial charge in [0.25, 0.3) is 5.91 Å². The average molecular weight is 424 g/mol. The van der Waals surface area contributed by atoms with E-state index in [1.165, 1.54) is 22.7 Å². The first-order valence-electron chi connectivity index (χ1n) is 8.91. The second-order valence-corrected chi connectivity index (χ2v) is 7.94. The molecule has 0 fully saturated rings. The van der Waals surface area contributed by atoms with Crippen molar-refractivity contribution in [3.8, 4) is 11.5 Å². The molecule has 0 atom stereocenters. The number of thiophene rings is 1. The van der Waals surface area contributed by atoms with Gasteiger partial charge in [-0.1, -0.05) is 29.5 Å². The molecular formula is C21H17N3O3S2. The Morgan fingerprint density at radius 2 is 1.90 bits per heavy atom. The maximum atomic E-state index is 12.1. The lowest BCUT2D eigenvalue weighted by Gasteiger charge is -2.04. The summed E-state index contributed by atoms with van der Waals surface area (Å²) in [5.41, 5.74) is 1.39. The van der Waals surface area contributed by atoms with Crippen molar-refractivity contribution in [1.29, 1.82) is 0 Å². The number of thiazole rings is 1. The first kappa shape index (κ1) is 19.1. The number of rotatable bonds is 7. The van der Waals surface area contributed by atoms with Crippen molar-refractivity contribution in [2.45, 2.75) is 6.42 Å². The van der Waals surface area contributed by atoms with Crippen LogP contribution in [-0.4, -0.2) is 23.3 Å². The zero-order valence-electron chi connectivity index (χ0n) is 15.3. The van der Waals surface area contributed by atoms with Crippen molar-refractivity contribution in [2.75, 3.05) is 11.9 Å². The van der Waals surface area contributed by atoms with Gasteiger partial charge in [0.1, 0.15) is 11.5 Å². The van der Waals surface area contributed by atoms with Gasteiger partial charge >= 0.3 is 0 Å². The van der Waals surface area contributed by atoms with Crippen molar-refractivity contribution < 1.29 is 14.3 Å². The summed E-state index contributed by atoms with van der Waals surface area (Å²) in [6.07, 6.45) is 0.175. The van der Waals surface area contributed by atoms with Gasteiger partial charge in [-0.3, -0.25) is 9.59 Å². The van der Waals surface area contributed by atoms with Gasteiger partial charge < -0.3 is 15.4 Å². The molecule has 2 heterocycles. The molecule has 0 aliphatic heterocycles. The van der Waals surface area contributed by atoms with Crippen LogP contribution in [0.1, 0.15) is 16.8 Å². The van der Waals surface area contributed by atoms with Crippen LogP contribution in [0.3, 0.4) is 0 Å². The summed E-state index contributed by atoms with van der Waals surface area (Å²) in [6.45, 7) is 0.264. The number of carbonyl (C=O) groups excluding carboxylic acids is 2. The molecule has 2 aromatic heterocycles. The Bertz CT molecular complexity index is 1120. The second kappa shape index (κ2) is 8.85. The summed E-state index contributed by atoms with van der Waals surface area (Å²) in [5.74, 6) is 1.09. The van der Waals surface area contributed by atoms with Crippen molar-refractivity contribution >= 4 is 49.8 Å². The number of amides is 2. The molecule has 4 rings (SSSR count). The number of hydrogen-bond donors (Lipinski definition) is 2. The van der Waals surface area contributed by atoms with E-state index in [1.807, 2.05) is 53.9 Å². The van der Waals surface area contributed by atoms with Crippen molar-refractivity contribution in [2.24, 2.45) is 0 Å². The normalized spacial score (nSPS) is 10.6. The minimum absolute atomic E-state index is 0.175. The number of nitrogens with one attached hydrogen (secondary N) is 2. The summed E-state index contributed by atoms with van der Waals surface area (Å²) < 4.78 is 6.75. The van der Waals surface area contributed by atoms with Crippen molar-refractivity contribution in [3.05, 3.63) is 70.9 Å². The molecule has 2 aromatic carbocycles. The Labute approximate surface area is 175 Å². The molecule has 29 heavy (non-hydrogen) atoms. The van der Waals surface area contributed by atoms with E-state index in [1.54, 1.807) is 11.4 Å². The first-order chi connectivity index (χ1) is 14.2. The number of nitrogens with zero attached hydrogens (tertiary/aromatic N) is 1. The van der Waals surface area contributed by atoms with Crippen molar-refractivity contribution in [3.63, 3.8) is 0 Å². The molecule has 0 aliphatic rings. The number of benzene rings is 2. The Hall–Kier alpha value is -3.23. The summed E-state index contributed by atoms with van der Waals surface area (Å²) >= 11 is 2.84. The highest BCUT2D eigenvalue weighted by Gasteiger charge is 2.10. The molecule has 0 bridgehead atoms. The standard InChI is InChI=1S/C21H17N3O3S2/c25-19(8-10-22-20(26)14-9-11-28-13-14)24-21-23-17-7-6-16(12-18(17)29-21)27-15-4-2-1-3-5-15/h1-7,9,11-13H,8,10H2,(H,22,26)(H,23,24,25). The van der Waals surface area contributed by atoms with E-state index >= 15 is 0 Å². The minimum atomic E-state index is -0.199. The summed E-state index contributed by atoms with van der Waals surface area (Å²) in [6, 6.07) is 16.9. The van der Waals surface area contributed by atoms with Crippen LogP contribution in [0, 0.1) is 0 Å². The monoisotopic (exact) mass is 423 g/mol. The molecule has 0 saturated heterocycles. The molecule has 6 nitrogen and oxygen atoms in total. The Morgan fingerprint density at radius 1 is 1.03 bits per heavy atom. The third kappa shape index (κ3) is 4.98. The Kier molecular flexibility index (Phi) is 5.83. The second-order valence-electron chi connectivity index (χ2n) is 6.13. The van der Waals surface area contributed by atoms with Crippen LogP contribution in [-0.2, 0) is 4.79 Å². The summed E-state index contributed by atoms with van der Waals surface area (Å²) in [4.78, 5) is 28.4. The third-order valence-corrected chi connectivity index (χ3v) is 5.62. The third-order valence-electron chi connectivity index (χ3n) is 4.01. The molecular weight excluding hydrogens is 406 g/mol. The molecule has 0 unspecified atom stereocenters. The lowest BCUT2D eigenvalue weighted by atomic mass is 10.3. The fourth-order valence-corrected chi connectivity index (χ4v) is 4.16. The van der Waals surface area contributed by atoms with Gasteiger partial charge in [-0.05, 0) is 35.7 Å². The molecule has 146 valence electrons. The van der Waals surface area contributed by atoms with E-state index in [0.29, 0.717) is 16.4 Å². The fraction of sp³-hybridized carbons (Fsp3) is 0.0952. The maximum absolute atomic E-state index is 12.1. The van der Waals surface area contributed by atoms with Crippen LogP contribution in [0.4, 0.5) is 5.13 Å². The van der Waals surface area contributed by atoms with E-state index in [9.17, 15) is 9.59 Å². The van der Waals surface area contributed by atoms with Crippen LogP contribution in [0.5, 0.6) is 11.5 Å². The first-order valence-corrected chi connectivity index (χ1v) is 10.7. The zero-order valence-corrected chi connectivity index (χ0v) is 16.9. The van der Waals surface area contributed by atoms with E-state index in [4.69, 9.17) is 4.74 Å². The SMILES string of the molecule is O=C(CCNC(=O)c1ccsc1)Nc1nc2ccc(Oc3ccccc3)cc2s1. The number of carbonyl (C=O) groups is 2. The van der Waals surface area contributed by atoms with Crippen LogP contribution in [0.2, 0.25) is 0 Å². The lowest BCUT2D eigenvalue weighted by Crippen LogP contribution is -2.27. The van der Waals surface area contributed by atoms with Crippen LogP contribution < -0.4 is 15.4 Å². The number of para-hydroxylation sites is 1. The van der Waals surface area contributed by atoms with Gasteiger partial charge in [-0.15, -0.1) is 0 Å². The molecule has 0 aliphatic carbocycles. The van der Waals surface area contributed by atoms with E-state index in [2.05, 4.69) is 15.6 Å². The van der Waals surface area contributed by atoms with Gasteiger partial charge in [0.05, 0.1) is 10.2 Å². The Morgan fingerprint density at radius 3 is 2.69 bits per heavy atom. The van der Waals surface area contributed by atoms with E-state index < -0.39 is 0 Å². The number of fused-ring (bicyclic) bond motifs is 1. The number of hydrogen-bond acceptors (Lipinski definition) is 6. The minimum Gasteiger partial charge on any atom is -0.457 e. The molecule has 0 radical (unpaired) electrons. The molecule has 2 amide bonds. The summed E-state index contributed by atoms with van der Waals surface area (Å²) in [7, 11) is 0.